The SMILES string of the molecule is CC1CCC(O)=C(C(=O)O)C1. The van der Waals surface area contributed by atoms with Crippen LogP contribution in [0.25, 0.3) is 0 Å². The van der Waals surface area contributed by atoms with Crippen LogP contribution in [0.2, 0.25) is 0 Å². The second kappa shape index (κ2) is 2.95. The molecule has 0 heterocycles. The molecule has 0 amide bonds. The third-order valence-corrected chi connectivity index (χ3v) is 2.03. The number of carboxylic acids is 1. The predicted molar refractivity (Wildman–Crippen MR) is 40.3 cm³/mol. The van der Waals surface area contributed by atoms with Crippen molar-refractivity contribution in [2.45, 2.75) is 26.2 Å². The molecule has 1 aliphatic rings. The van der Waals surface area contributed by atoms with Gasteiger partial charge < -0.3 is 10.2 Å². The van der Waals surface area contributed by atoms with Crippen molar-refractivity contribution in [3.8, 4) is 0 Å². The average Bonchev–Trinajstić information content (AvgIpc) is 1.94. The first kappa shape index (κ1) is 8.11. The van der Waals surface area contributed by atoms with Gasteiger partial charge in [0.05, 0.1) is 5.57 Å². The molecule has 0 saturated heterocycles. The molecule has 0 aliphatic heterocycles. The molecule has 0 saturated carbocycles. The summed E-state index contributed by atoms with van der Waals surface area (Å²) in [4.78, 5) is 10.5. The van der Waals surface area contributed by atoms with Gasteiger partial charge in [0.25, 0.3) is 0 Å². The Bertz CT molecular complexity index is 205. The van der Waals surface area contributed by atoms with Gasteiger partial charge >= 0.3 is 5.97 Å². The molecule has 62 valence electrons. The fourth-order valence-electron chi connectivity index (χ4n) is 1.31. The van der Waals surface area contributed by atoms with Crippen LogP contribution >= 0.6 is 0 Å². The Kier molecular flexibility index (Phi) is 2.17. The molecule has 1 atom stereocenters. The second-order valence-electron chi connectivity index (χ2n) is 3.08. The zero-order valence-corrected chi connectivity index (χ0v) is 6.50. The van der Waals surface area contributed by atoms with Crippen molar-refractivity contribution in [1.29, 1.82) is 0 Å². The van der Waals surface area contributed by atoms with Gasteiger partial charge in [0.1, 0.15) is 5.76 Å². The number of rotatable bonds is 1. The standard InChI is InChI=1S/C8H12O3/c1-5-2-3-7(9)6(4-5)8(10)11/h5,9H,2-4H2,1H3,(H,10,11). The Hall–Kier alpha value is -0.990. The van der Waals surface area contributed by atoms with Crippen LogP contribution in [0.15, 0.2) is 11.3 Å². The first-order chi connectivity index (χ1) is 5.11. The number of allylic oxidation sites excluding steroid dienone is 1. The molecule has 1 aliphatic carbocycles. The van der Waals surface area contributed by atoms with Gasteiger partial charge in [-0.1, -0.05) is 6.92 Å². The zero-order chi connectivity index (χ0) is 8.43. The Morgan fingerprint density at radius 1 is 1.64 bits per heavy atom. The van der Waals surface area contributed by atoms with E-state index in [0.717, 1.165) is 6.42 Å². The topological polar surface area (TPSA) is 57.5 Å². The number of aliphatic carboxylic acids is 1. The lowest BCUT2D eigenvalue weighted by Gasteiger charge is -2.18. The van der Waals surface area contributed by atoms with Crippen molar-refractivity contribution in [2.24, 2.45) is 5.92 Å². The lowest BCUT2D eigenvalue weighted by atomic mass is 9.89. The molecule has 2 N–H and O–H groups in total. The van der Waals surface area contributed by atoms with E-state index >= 15 is 0 Å². The van der Waals surface area contributed by atoms with Crippen LogP contribution in [-0.2, 0) is 4.79 Å². The fraction of sp³-hybridized carbons (Fsp3) is 0.625. The first-order valence-corrected chi connectivity index (χ1v) is 3.75. The zero-order valence-electron chi connectivity index (χ0n) is 6.50. The van der Waals surface area contributed by atoms with Crippen LogP contribution < -0.4 is 0 Å². The van der Waals surface area contributed by atoms with Gasteiger partial charge in [-0.3, -0.25) is 0 Å². The summed E-state index contributed by atoms with van der Waals surface area (Å²) in [5, 5.41) is 17.8. The normalized spacial score (nSPS) is 25.4. The molecule has 3 nitrogen and oxygen atoms in total. The largest absolute Gasteiger partial charge is 0.512 e. The summed E-state index contributed by atoms with van der Waals surface area (Å²) in [5.74, 6) is -0.526. The summed E-state index contributed by atoms with van der Waals surface area (Å²) in [7, 11) is 0. The molecule has 0 spiro atoms. The summed E-state index contributed by atoms with van der Waals surface area (Å²) >= 11 is 0. The van der Waals surface area contributed by atoms with E-state index in [1.165, 1.54) is 0 Å². The van der Waals surface area contributed by atoms with Gasteiger partial charge in [-0.2, -0.15) is 0 Å². The van der Waals surface area contributed by atoms with Crippen molar-refractivity contribution in [3.05, 3.63) is 11.3 Å². The Morgan fingerprint density at radius 3 is 2.73 bits per heavy atom. The molecule has 0 bridgehead atoms. The fourth-order valence-corrected chi connectivity index (χ4v) is 1.31. The minimum atomic E-state index is -0.978. The van der Waals surface area contributed by atoms with E-state index in [2.05, 4.69) is 0 Å². The lowest BCUT2D eigenvalue weighted by Crippen LogP contribution is -2.13. The lowest BCUT2D eigenvalue weighted by molar-refractivity contribution is -0.133. The Morgan fingerprint density at radius 2 is 2.27 bits per heavy atom. The van der Waals surface area contributed by atoms with Crippen LogP contribution in [0, 0.1) is 5.92 Å². The van der Waals surface area contributed by atoms with Crippen LogP contribution in [0.3, 0.4) is 0 Å². The summed E-state index contributed by atoms with van der Waals surface area (Å²) in [5.41, 5.74) is 0.198. The molecule has 0 aromatic heterocycles. The van der Waals surface area contributed by atoms with E-state index in [1.54, 1.807) is 0 Å². The van der Waals surface area contributed by atoms with E-state index in [0.29, 0.717) is 18.8 Å². The van der Waals surface area contributed by atoms with E-state index in [4.69, 9.17) is 10.2 Å². The molecule has 0 aromatic rings. The van der Waals surface area contributed by atoms with E-state index < -0.39 is 5.97 Å². The van der Waals surface area contributed by atoms with Gasteiger partial charge in [-0.05, 0) is 18.8 Å². The highest BCUT2D eigenvalue weighted by atomic mass is 16.4. The number of carboxylic acid groups (broad SMARTS) is 1. The summed E-state index contributed by atoms with van der Waals surface area (Å²) in [6, 6.07) is 0. The summed E-state index contributed by atoms with van der Waals surface area (Å²) < 4.78 is 0. The van der Waals surface area contributed by atoms with E-state index in [-0.39, 0.29) is 11.3 Å². The number of aliphatic hydroxyl groups is 1. The van der Waals surface area contributed by atoms with Gasteiger partial charge in [-0.15, -0.1) is 0 Å². The van der Waals surface area contributed by atoms with Crippen LogP contribution in [0.5, 0.6) is 0 Å². The van der Waals surface area contributed by atoms with Crippen molar-refractivity contribution in [2.75, 3.05) is 0 Å². The van der Waals surface area contributed by atoms with Gasteiger partial charge in [0.15, 0.2) is 0 Å². The number of aliphatic hydroxyl groups excluding tert-OH is 1. The highest BCUT2D eigenvalue weighted by Crippen LogP contribution is 2.27. The monoisotopic (exact) mass is 156 g/mol. The minimum Gasteiger partial charge on any atom is -0.512 e. The molecule has 1 rings (SSSR count). The molecule has 0 radical (unpaired) electrons. The number of carbonyl (C=O) groups is 1. The van der Waals surface area contributed by atoms with Crippen molar-refractivity contribution < 1.29 is 15.0 Å². The maximum atomic E-state index is 10.5. The number of hydrogen-bond donors (Lipinski definition) is 2. The van der Waals surface area contributed by atoms with Crippen molar-refractivity contribution >= 4 is 5.97 Å². The maximum absolute atomic E-state index is 10.5. The summed E-state index contributed by atoms with van der Waals surface area (Å²) in [6.45, 7) is 2.00. The highest BCUT2D eigenvalue weighted by molar-refractivity contribution is 5.87. The third-order valence-electron chi connectivity index (χ3n) is 2.03. The molecule has 0 aromatic carbocycles. The van der Waals surface area contributed by atoms with Gasteiger partial charge in [0, 0.05) is 6.42 Å². The number of hydrogen-bond acceptors (Lipinski definition) is 2. The first-order valence-electron chi connectivity index (χ1n) is 3.75. The van der Waals surface area contributed by atoms with Crippen LogP contribution in [0.4, 0.5) is 0 Å². The molecular weight excluding hydrogens is 144 g/mol. The Balaban J connectivity index is 2.80. The van der Waals surface area contributed by atoms with Crippen molar-refractivity contribution in [3.63, 3.8) is 0 Å². The highest BCUT2D eigenvalue weighted by Gasteiger charge is 2.21. The smallest absolute Gasteiger partial charge is 0.334 e. The van der Waals surface area contributed by atoms with E-state index in [1.807, 2.05) is 6.92 Å². The molecule has 0 fully saturated rings. The van der Waals surface area contributed by atoms with E-state index in [9.17, 15) is 4.79 Å². The molecule has 11 heavy (non-hydrogen) atoms. The predicted octanol–water partition coefficient (Wildman–Crippen LogP) is 1.70. The molecular formula is C8H12O3. The van der Waals surface area contributed by atoms with Crippen LogP contribution in [0.1, 0.15) is 26.2 Å². The maximum Gasteiger partial charge on any atom is 0.334 e. The molecule has 3 heteroatoms. The molecule has 1 unspecified atom stereocenters. The Labute approximate surface area is 65.3 Å². The average molecular weight is 156 g/mol. The van der Waals surface area contributed by atoms with Gasteiger partial charge in [-0.25, -0.2) is 4.79 Å². The quantitative estimate of drug-likeness (QED) is 0.607. The minimum absolute atomic E-state index is 0.0654. The van der Waals surface area contributed by atoms with Gasteiger partial charge in [0.2, 0.25) is 0 Å². The third kappa shape index (κ3) is 1.73. The van der Waals surface area contributed by atoms with Crippen molar-refractivity contribution in [1.82, 2.24) is 0 Å². The van der Waals surface area contributed by atoms with Crippen LogP contribution in [-0.4, -0.2) is 16.2 Å². The summed E-state index contributed by atoms with van der Waals surface area (Å²) in [6.07, 6.45) is 1.91. The second-order valence-corrected chi connectivity index (χ2v) is 3.08.